The van der Waals surface area contributed by atoms with Gasteiger partial charge in [0, 0.05) is 18.6 Å². The fraction of sp³-hybridized carbons (Fsp3) is 0.435. The molecule has 0 aromatic heterocycles. The van der Waals surface area contributed by atoms with E-state index in [9.17, 15) is 4.79 Å². The molecule has 150 valence electrons. The second-order valence-electron chi connectivity index (χ2n) is 7.46. The molecule has 0 bridgehead atoms. The molecular formula is C23H28ClNO3. The first-order valence-corrected chi connectivity index (χ1v) is 10.1. The van der Waals surface area contributed by atoms with E-state index in [2.05, 4.69) is 0 Å². The lowest BCUT2D eigenvalue weighted by molar-refractivity contribution is -0.136. The lowest BCUT2D eigenvalue weighted by atomic mass is 9.77. The first kappa shape index (κ1) is 20.5. The number of amides is 1. The van der Waals surface area contributed by atoms with E-state index < -0.39 is 5.41 Å². The third kappa shape index (κ3) is 4.12. The number of halogens is 1. The second kappa shape index (κ2) is 8.87. The summed E-state index contributed by atoms with van der Waals surface area (Å²) in [4.78, 5) is 15.3. The number of carbonyl (C=O) groups is 1. The summed E-state index contributed by atoms with van der Waals surface area (Å²) in [5, 5.41) is 0.700. The highest BCUT2D eigenvalue weighted by Crippen LogP contribution is 2.42. The van der Waals surface area contributed by atoms with Crippen LogP contribution in [0.5, 0.6) is 11.5 Å². The molecule has 4 nitrogen and oxygen atoms in total. The number of nitrogens with zero attached hydrogens (tertiary/aromatic N) is 1. The molecule has 1 aliphatic carbocycles. The molecule has 1 amide bonds. The van der Waals surface area contributed by atoms with Gasteiger partial charge in [0.05, 0.1) is 19.6 Å². The van der Waals surface area contributed by atoms with Crippen LogP contribution in [0.4, 0.5) is 0 Å². The molecule has 28 heavy (non-hydrogen) atoms. The molecule has 5 heteroatoms. The van der Waals surface area contributed by atoms with Gasteiger partial charge in [-0.15, -0.1) is 0 Å². The molecule has 3 rings (SSSR count). The summed E-state index contributed by atoms with van der Waals surface area (Å²) in [5.41, 5.74) is 1.78. The molecule has 0 spiro atoms. The topological polar surface area (TPSA) is 38.8 Å². The van der Waals surface area contributed by atoms with Crippen molar-refractivity contribution in [2.24, 2.45) is 0 Å². The van der Waals surface area contributed by atoms with Gasteiger partial charge in [0.15, 0.2) is 11.5 Å². The minimum atomic E-state index is -0.420. The molecule has 0 saturated heterocycles. The Morgan fingerprint density at radius 1 is 1.04 bits per heavy atom. The molecule has 0 aliphatic heterocycles. The second-order valence-corrected chi connectivity index (χ2v) is 7.90. The molecule has 1 aliphatic rings. The number of carbonyl (C=O) groups excluding carboxylic acids is 1. The van der Waals surface area contributed by atoms with Crippen LogP contribution in [-0.2, 0) is 16.6 Å². The van der Waals surface area contributed by atoms with Gasteiger partial charge in [0.2, 0.25) is 5.91 Å². The van der Waals surface area contributed by atoms with Crippen molar-refractivity contribution in [3.05, 3.63) is 58.6 Å². The Hall–Kier alpha value is -2.20. The summed E-state index contributed by atoms with van der Waals surface area (Å²) < 4.78 is 10.7. The van der Waals surface area contributed by atoms with E-state index in [0.29, 0.717) is 23.1 Å². The van der Waals surface area contributed by atoms with Crippen molar-refractivity contribution in [1.82, 2.24) is 4.90 Å². The number of methoxy groups -OCH3 is 2. The summed E-state index contributed by atoms with van der Waals surface area (Å²) >= 11 is 6.06. The molecule has 0 atom stereocenters. The minimum absolute atomic E-state index is 0.202. The quantitative estimate of drug-likeness (QED) is 0.664. The van der Waals surface area contributed by atoms with E-state index in [0.717, 1.165) is 43.2 Å². The van der Waals surface area contributed by atoms with Crippen molar-refractivity contribution >= 4 is 17.5 Å². The van der Waals surface area contributed by atoms with E-state index >= 15 is 0 Å². The van der Waals surface area contributed by atoms with E-state index in [1.807, 2.05) is 54.4 Å². The SMILES string of the molecule is COc1ccc(CCN(C)C(=O)C2(c3ccc(Cl)cc3)CCCC2)cc1OC. The van der Waals surface area contributed by atoms with Gasteiger partial charge in [-0.3, -0.25) is 4.79 Å². The maximum atomic E-state index is 13.4. The molecular weight excluding hydrogens is 374 g/mol. The highest BCUT2D eigenvalue weighted by atomic mass is 35.5. The molecule has 2 aromatic carbocycles. The summed E-state index contributed by atoms with van der Waals surface area (Å²) in [6.07, 6.45) is 4.72. The number of benzene rings is 2. The van der Waals surface area contributed by atoms with Crippen LogP contribution >= 0.6 is 11.6 Å². The van der Waals surface area contributed by atoms with Gasteiger partial charge in [-0.25, -0.2) is 0 Å². The van der Waals surface area contributed by atoms with Gasteiger partial charge in [0.25, 0.3) is 0 Å². The van der Waals surface area contributed by atoms with Crippen molar-refractivity contribution in [2.75, 3.05) is 27.8 Å². The van der Waals surface area contributed by atoms with Crippen molar-refractivity contribution in [2.45, 2.75) is 37.5 Å². The van der Waals surface area contributed by atoms with Gasteiger partial charge >= 0.3 is 0 Å². The van der Waals surface area contributed by atoms with Gasteiger partial charge in [-0.1, -0.05) is 42.6 Å². The van der Waals surface area contributed by atoms with Crippen molar-refractivity contribution in [3.63, 3.8) is 0 Å². The van der Waals surface area contributed by atoms with Crippen LogP contribution in [0.15, 0.2) is 42.5 Å². The zero-order chi connectivity index (χ0) is 20.1. The highest BCUT2D eigenvalue weighted by molar-refractivity contribution is 6.30. The van der Waals surface area contributed by atoms with Crippen LogP contribution in [0, 0.1) is 0 Å². The summed E-state index contributed by atoms with van der Waals surface area (Å²) in [6.45, 7) is 0.656. The van der Waals surface area contributed by atoms with E-state index in [-0.39, 0.29) is 5.91 Å². The van der Waals surface area contributed by atoms with Crippen LogP contribution in [0.1, 0.15) is 36.8 Å². The zero-order valence-electron chi connectivity index (χ0n) is 16.8. The Kier molecular flexibility index (Phi) is 6.50. The Morgan fingerprint density at radius 2 is 1.68 bits per heavy atom. The average molecular weight is 402 g/mol. The fourth-order valence-electron chi connectivity index (χ4n) is 4.17. The number of ether oxygens (including phenoxy) is 2. The Labute approximate surface area is 172 Å². The van der Waals surface area contributed by atoms with E-state index in [4.69, 9.17) is 21.1 Å². The smallest absolute Gasteiger partial charge is 0.232 e. The molecule has 2 aromatic rings. The maximum absolute atomic E-state index is 13.4. The molecule has 1 fully saturated rings. The predicted octanol–water partition coefficient (Wildman–Crippen LogP) is 4.87. The highest BCUT2D eigenvalue weighted by Gasteiger charge is 2.44. The van der Waals surface area contributed by atoms with Gasteiger partial charge in [-0.2, -0.15) is 0 Å². The molecule has 0 N–H and O–H groups in total. The summed E-state index contributed by atoms with van der Waals surface area (Å²) in [6, 6.07) is 13.7. The Bertz CT molecular complexity index is 813. The standard InChI is InChI=1S/C23H28ClNO3/c1-25(15-12-17-6-11-20(27-2)21(16-17)28-3)22(26)23(13-4-5-14-23)18-7-9-19(24)10-8-18/h6-11,16H,4-5,12-15H2,1-3H3. The lowest BCUT2D eigenvalue weighted by Crippen LogP contribution is -2.44. The number of likely N-dealkylation sites (N-methyl/N-ethyl adjacent to an activating group) is 1. The fourth-order valence-corrected chi connectivity index (χ4v) is 4.30. The number of rotatable bonds is 7. The van der Waals surface area contributed by atoms with Crippen LogP contribution in [0.2, 0.25) is 5.02 Å². The van der Waals surface area contributed by atoms with Crippen molar-refractivity contribution in [3.8, 4) is 11.5 Å². The average Bonchev–Trinajstić information content (AvgIpc) is 3.22. The molecule has 1 saturated carbocycles. The number of hydrogen-bond donors (Lipinski definition) is 0. The van der Waals surface area contributed by atoms with E-state index in [1.54, 1.807) is 14.2 Å². The van der Waals surface area contributed by atoms with Gasteiger partial charge in [0.1, 0.15) is 0 Å². The van der Waals surface area contributed by atoms with Crippen LogP contribution in [0.3, 0.4) is 0 Å². The summed E-state index contributed by atoms with van der Waals surface area (Å²) in [7, 11) is 5.16. The molecule has 0 unspecified atom stereocenters. The van der Waals surface area contributed by atoms with Crippen LogP contribution in [-0.4, -0.2) is 38.6 Å². The third-order valence-electron chi connectivity index (χ3n) is 5.79. The normalized spacial score (nSPS) is 15.3. The zero-order valence-corrected chi connectivity index (χ0v) is 17.6. The molecule has 0 radical (unpaired) electrons. The Balaban J connectivity index is 1.73. The van der Waals surface area contributed by atoms with Gasteiger partial charge in [-0.05, 0) is 54.7 Å². The van der Waals surface area contributed by atoms with Crippen LogP contribution in [0.25, 0.3) is 0 Å². The lowest BCUT2D eigenvalue weighted by Gasteiger charge is -2.33. The van der Waals surface area contributed by atoms with E-state index in [1.165, 1.54) is 0 Å². The minimum Gasteiger partial charge on any atom is -0.493 e. The number of hydrogen-bond acceptors (Lipinski definition) is 3. The van der Waals surface area contributed by atoms with Crippen LogP contribution < -0.4 is 9.47 Å². The Morgan fingerprint density at radius 3 is 2.29 bits per heavy atom. The first-order valence-electron chi connectivity index (χ1n) is 9.72. The van der Waals surface area contributed by atoms with Crippen molar-refractivity contribution in [1.29, 1.82) is 0 Å². The first-order chi connectivity index (χ1) is 13.5. The van der Waals surface area contributed by atoms with Gasteiger partial charge < -0.3 is 14.4 Å². The summed E-state index contributed by atoms with van der Waals surface area (Å²) in [5.74, 6) is 1.62. The maximum Gasteiger partial charge on any atom is 0.232 e. The molecule has 0 heterocycles. The largest absolute Gasteiger partial charge is 0.493 e. The predicted molar refractivity (Wildman–Crippen MR) is 112 cm³/mol. The monoisotopic (exact) mass is 401 g/mol. The van der Waals surface area contributed by atoms with Crippen molar-refractivity contribution < 1.29 is 14.3 Å². The third-order valence-corrected chi connectivity index (χ3v) is 6.05.